The molecule has 4 rings (SSSR count). The number of anilines is 1. The van der Waals surface area contributed by atoms with Gasteiger partial charge in [0.05, 0.1) is 28.8 Å². The number of nitrogens with one attached hydrogen (secondary N) is 1. The number of carbonyl (C=O) groups excluding carboxylic acids is 1. The number of ether oxygens (including phenoxy) is 1. The van der Waals surface area contributed by atoms with Gasteiger partial charge in [-0.3, -0.25) is 14.8 Å². The van der Waals surface area contributed by atoms with Crippen LogP contribution in [0.4, 0.5) is 5.13 Å². The Balaban J connectivity index is 1.46. The third-order valence-corrected chi connectivity index (χ3v) is 6.35. The number of nitrogens with zero attached hydrogens (tertiary/aromatic N) is 4. The topological polar surface area (TPSA) is 171 Å². The van der Waals surface area contributed by atoms with Crippen molar-refractivity contribution in [3.05, 3.63) is 40.7 Å². The molecule has 13 heteroatoms. The highest BCUT2D eigenvalue weighted by Crippen LogP contribution is 2.29. The Morgan fingerprint density at radius 2 is 1.77 bits per heavy atom. The molecule has 0 radical (unpaired) electrons. The fraction of sp³-hybridized carbons (Fsp3) is 0.353. The minimum absolute atomic E-state index is 0.265. The summed E-state index contributed by atoms with van der Waals surface area (Å²) < 4.78 is 5.38. The van der Waals surface area contributed by atoms with E-state index < -0.39 is 37.3 Å². The number of carbonyl (C=O) groups is 1. The summed E-state index contributed by atoms with van der Waals surface area (Å²) >= 11 is 2.21. The number of aromatic nitrogens is 4. The second kappa shape index (κ2) is 8.77. The second-order valence-corrected chi connectivity index (χ2v) is 8.43. The average Bonchev–Trinajstić information content (AvgIpc) is 3.44. The van der Waals surface area contributed by atoms with Gasteiger partial charge in [0.1, 0.15) is 35.1 Å². The predicted octanol–water partition coefficient (Wildman–Crippen LogP) is -0.501. The monoisotopic (exact) mass is 451 g/mol. The quantitative estimate of drug-likeness (QED) is 0.306. The van der Waals surface area contributed by atoms with Gasteiger partial charge in [0.15, 0.2) is 11.4 Å². The first-order chi connectivity index (χ1) is 14.5. The Morgan fingerprint density at radius 3 is 2.50 bits per heavy atom. The van der Waals surface area contributed by atoms with E-state index in [2.05, 4.69) is 25.3 Å². The average molecular weight is 451 g/mol. The lowest BCUT2D eigenvalue weighted by atomic mass is 9.98. The molecule has 0 unspecified atom stereocenters. The maximum Gasteiger partial charge on any atom is 0.216 e. The molecule has 5 atom stereocenters. The Morgan fingerprint density at radius 1 is 1.00 bits per heavy atom. The van der Waals surface area contributed by atoms with Gasteiger partial charge in [-0.05, 0) is 0 Å². The first-order valence-electron chi connectivity index (χ1n) is 8.77. The molecular formula is C17H17N5O6S2. The van der Waals surface area contributed by atoms with E-state index in [0.29, 0.717) is 20.5 Å². The number of ketones is 1. The van der Waals surface area contributed by atoms with Gasteiger partial charge in [0.25, 0.3) is 0 Å². The summed E-state index contributed by atoms with van der Waals surface area (Å²) in [7, 11) is 0. The van der Waals surface area contributed by atoms with Gasteiger partial charge >= 0.3 is 0 Å². The first-order valence-corrected chi connectivity index (χ1v) is 10.4. The molecule has 0 aromatic carbocycles. The molecule has 11 nitrogen and oxygen atoms in total. The Labute approximate surface area is 177 Å². The largest absolute Gasteiger partial charge is 0.394 e. The van der Waals surface area contributed by atoms with Gasteiger partial charge in [-0.15, -0.1) is 11.3 Å². The number of aliphatic hydroxyl groups is 4. The Bertz CT molecular complexity index is 1010. The summed E-state index contributed by atoms with van der Waals surface area (Å²) in [5.41, 5.74) is 0.566. The summed E-state index contributed by atoms with van der Waals surface area (Å²) in [4.78, 5) is 29.9. The predicted molar refractivity (Wildman–Crippen MR) is 106 cm³/mol. The standard InChI is InChI=1S/C17H17N5O6S2/c23-6-8-11(24)13(26)14(27)15(28-8)22-17-21-5-10(30-17)12(25)9-4-20-16(29-9)7-3-18-1-2-19-7/h1-5,8,11,13-15,23-24,26-27H,6H2,(H,21,22)/t8-,11-,13+,14+,15+/m1/s1. The number of aliphatic hydroxyl groups excluding tert-OH is 4. The lowest BCUT2D eigenvalue weighted by Gasteiger charge is -2.40. The molecule has 4 heterocycles. The number of hydrogen-bond donors (Lipinski definition) is 5. The van der Waals surface area contributed by atoms with Crippen LogP contribution in [0.15, 0.2) is 31.0 Å². The number of thiazole rings is 2. The van der Waals surface area contributed by atoms with Crippen molar-refractivity contribution < 1.29 is 30.0 Å². The van der Waals surface area contributed by atoms with Crippen molar-refractivity contribution in [1.29, 1.82) is 0 Å². The van der Waals surface area contributed by atoms with E-state index in [0.717, 1.165) is 11.3 Å². The summed E-state index contributed by atoms with van der Waals surface area (Å²) in [5.74, 6) is -0.276. The van der Waals surface area contributed by atoms with E-state index in [4.69, 9.17) is 4.74 Å². The van der Waals surface area contributed by atoms with Crippen LogP contribution in [0.2, 0.25) is 0 Å². The molecule has 1 aliphatic heterocycles. The van der Waals surface area contributed by atoms with E-state index in [9.17, 15) is 25.2 Å². The molecule has 3 aromatic rings. The van der Waals surface area contributed by atoms with Gasteiger partial charge in [0.2, 0.25) is 5.78 Å². The van der Waals surface area contributed by atoms with E-state index >= 15 is 0 Å². The van der Waals surface area contributed by atoms with Gasteiger partial charge in [-0.1, -0.05) is 11.3 Å². The van der Waals surface area contributed by atoms with E-state index in [1.165, 1.54) is 23.7 Å². The summed E-state index contributed by atoms with van der Waals surface area (Å²) in [5, 5.41) is 42.7. The minimum atomic E-state index is -1.51. The van der Waals surface area contributed by atoms with E-state index in [1.54, 1.807) is 18.6 Å². The molecule has 0 amide bonds. The lowest BCUT2D eigenvalue weighted by Crippen LogP contribution is -2.60. The molecule has 0 aliphatic carbocycles. The molecular weight excluding hydrogens is 434 g/mol. The lowest BCUT2D eigenvalue weighted by molar-refractivity contribution is -0.221. The third kappa shape index (κ3) is 4.09. The molecule has 1 fully saturated rings. The molecule has 1 saturated heterocycles. The van der Waals surface area contributed by atoms with Crippen molar-refractivity contribution in [1.82, 2.24) is 19.9 Å². The first kappa shape index (κ1) is 20.9. The molecule has 1 aliphatic rings. The summed E-state index contributed by atoms with van der Waals surface area (Å²) in [6.07, 6.45) is 0.896. The zero-order chi connectivity index (χ0) is 21.3. The highest BCUT2D eigenvalue weighted by Gasteiger charge is 2.43. The van der Waals surface area contributed by atoms with Crippen LogP contribution in [0.25, 0.3) is 10.7 Å². The normalized spacial score (nSPS) is 26.5. The van der Waals surface area contributed by atoms with Crippen LogP contribution < -0.4 is 5.32 Å². The van der Waals surface area contributed by atoms with Crippen LogP contribution in [0.1, 0.15) is 14.5 Å². The van der Waals surface area contributed by atoms with Gasteiger partial charge in [0, 0.05) is 18.6 Å². The van der Waals surface area contributed by atoms with Crippen LogP contribution in [-0.4, -0.2) is 83.4 Å². The summed E-state index contributed by atoms with van der Waals surface area (Å²) in [6.45, 7) is -0.537. The molecule has 0 spiro atoms. The van der Waals surface area contributed by atoms with Gasteiger partial charge in [-0.25, -0.2) is 9.97 Å². The highest BCUT2D eigenvalue weighted by molar-refractivity contribution is 7.20. The van der Waals surface area contributed by atoms with E-state index in [-0.39, 0.29) is 10.9 Å². The number of hydrogen-bond acceptors (Lipinski definition) is 13. The molecule has 5 N–H and O–H groups in total. The van der Waals surface area contributed by atoms with Crippen molar-refractivity contribution in [3.8, 4) is 10.7 Å². The second-order valence-electron chi connectivity index (χ2n) is 6.37. The van der Waals surface area contributed by atoms with Crippen molar-refractivity contribution in [2.24, 2.45) is 0 Å². The Hall–Kier alpha value is -2.39. The SMILES string of the molecule is O=C(c1cnc(N[C@H]2O[C@H](CO)[C@@H](O)[C@H](O)[C@@H]2O)s1)c1cnc(-c2cnccn2)s1. The van der Waals surface area contributed by atoms with Crippen LogP contribution >= 0.6 is 22.7 Å². The number of rotatable bonds is 6. The van der Waals surface area contributed by atoms with Crippen molar-refractivity contribution in [2.75, 3.05) is 11.9 Å². The Kier molecular flexibility index (Phi) is 6.10. The molecule has 30 heavy (non-hydrogen) atoms. The fourth-order valence-corrected chi connectivity index (χ4v) is 4.51. The maximum atomic E-state index is 12.7. The molecule has 3 aromatic heterocycles. The molecule has 158 valence electrons. The highest BCUT2D eigenvalue weighted by atomic mass is 32.1. The summed E-state index contributed by atoms with van der Waals surface area (Å²) in [6, 6.07) is 0. The third-order valence-electron chi connectivity index (χ3n) is 4.40. The van der Waals surface area contributed by atoms with Gasteiger partial charge in [-0.2, -0.15) is 0 Å². The minimum Gasteiger partial charge on any atom is -0.394 e. The zero-order valence-electron chi connectivity index (χ0n) is 15.2. The van der Waals surface area contributed by atoms with Crippen molar-refractivity contribution >= 4 is 33.6 Å². The van der Waals surface area contributed by atoms with Crippen LogP contribution in [0.3, 0.4) is 0 Å². The van der Waals surface area contributed by atoms with Crippen LogP contribution in [0, 0.1) is 0 Å². The zero-order valence-corrected chi connectivity index (χ0v) is 16.8. The smallest absolute Gasteiger partial charge is 0.216 e. The van der Waals surface area contributed by atoms with Crippen LogP contribution in [0.5, 0.6) is 0 Å². The van der Waals surface area contributed by atoms with Crippen molar-refractivity contribution in [3.63, 3.8) is 0 Å². The van der Waals surface area contributed by atoms with E-state index in [1.807, 2.05) is 0 Å². The molecule has 0 saturated carbocycles. The maximum absolute atomic E-state index is 12.7. The van der Waals surface area contributed by atoms with Gasteiger partial charge < -0.3 is 30.5 Å². The van der Waals surface area contributed by atoms with Crippen LogP contribution in [-0.2, 0) is 4.74 Å². The van der Waals surface area contributed by atoms with Crippen molar-refractivity contribution in [2.45, 2.75) is 30.6 Å². The fourth-order valence-electron chi connectivity index (χ4n) is 2.82. The molecule has 0 bridgehead atoms.